The second-order valence-electron chi connectivity index (χ2n) is 4.76. The molecule has 1 aromatic carbocycles. The van der Waals surface area contributed by atoms with Gasteiger partial charge in [0, 0.05) is 5.02 Å². The van der Waals surface area contributed by atoms with Gasteiger partial charge in [0.15, 0.2) is 0 Å². The van der Waals surface area contributed by atoms with E-state index in [9.17, 15) is 4.79 Å². The molecule has 2 fully saturated rings. The topological polar surface area (TPSA) is 29.5 Å². The summed E-state index contributed by atoms with van der Waals surface area (Å²) in [5.41, 5.74) is 0.528. The molecule has 2 heterocycles. The van der Waals surface area contributed by atoms with Crippen molar-refractivity contribution in [3.8, 4) is 0 Å². The zero-order valence-corrected chi connectivity index (χ0v) is 11.2. The first-order valence-electron chi connectivity index (χ1n) is 6.02. The fourth-order valence-electron chi connectivity index (χ4n) is 2.76. The summed E-state index contributed by atoms with van der Waals surface area (Å²) in [5, 5.41) is 0.958. The molecule has 2 aliphatic heterocycles. The standard InChI is InChI=1S/C13H13Cl2NO2/c14-8-1-4-11(12(15)5-8)13(17)16-9-2-3-10(16)7-18-6-9/h1,4-5,9-10H,2-3,6-7H2/t9-,10-/m1/s1. The van der Waals surface area contributed by atoms with Gasteiger partial charge in [-0.25, -0.2) is 0 Å². The van der Waals surface area contributed by atoms with E-state index >= 15 is 0 Å². The van der Waals surface area contributed by atoms with E-state index in [0.29, 0.717) is 28.8 Å². The van der Waals surface area contributed by atoms with Crippen molar-refractivity contribution in [3.05, 3.63) is 33.8 Å². The third-order valence-corrected chi connectivity index (χ3v) is 4.18. The average Bonchev–Trinajstić information content (AvgIpc) is 2.58. The minimum atomic E-state index is -0.00698. The Hall–Kier alpha value is -0.770. The third kappa shape index (κ3) is 2.00. The zero-order valence-electron chi connectivity index (χ0n) is 9.73. The Bertz CT molecular complexity index is 476. The average molecular weight is 286 g/mol. The molecule has 0 spiro atoms. The van der Waals surface area contributed by atoms with Crippen molar-refractivity contribution in [1.82, 2.24) is 4.90 Å². The Morgan fingerprint density at radius 1 is 1.22 bits per heavy atom. The van der Waals surface area contributed by atoms with Gasteiger partial charge in [0.05, 0.1) is 35.9 Å². The number of morpholine rings is 1. The number of ether oxygens (including phenoxy) is 1. The third-order valence-electron chi connectivity index (χ3n) is 3.64. The largest absolute Gasteiger partial charge is 0.377 e. The molecule has 0 aliphatic carbocycles. The molecule has 2 bridgehead atoms. The Morgan fingerprint density at radius 3 is 2.50 bits per heavy atom. The van der Waals surface area contributed by atoms with Gasteiger partial charge in [-0.2, -0.15) is 0 Å². The molecule has 1 aromatic rings. The van der Waals surface area contributed by atoms with Crippen LogP contribution in [0, 0.1) is 0 Å². The Labute approximate surface area is 116 Å². The summed E-state index contributed by atoms with van der Waals surface area (Å²) in [6, 6.07) is 5.40. The molecule has 3 nitrogen and oxygen atoms in total. The van der Waals surface area contributed by atoms with Crippen LogP contribution in [0.25, 0.3) is 0 Å². The fraction of sp³-hybridized carbons (Fsp3) is 0.462. The normalized spacial score (nSPS) is 26.4. The molecule has 0 radical (unpaired) electrons. The molecule has 2 saturated heterocycles. The van der Waals surface area contributed by atoms with Gasteiger partial charge in [0.25, 0.3) is 5.91 Å². The van der Waals surface area contributed by atoms with Crippen LogP contribution in [-0.4, -0.2) is 36.1 Å². The van der Waals surface area contributed by atoms with Crippen LogP contribution in [0.3, 0.4) is 0 Å². The lowest BCUT2D eigenvalue weighted by Crippen LogP contribution is -2.49. The molecule has 18 heavy (non-hydrogen) atoms. The van der Waals surface area contributed by atoms with E-state index in [1.165, 1.54) is 0 Å². The van der Waals surface area contributed by atoms with E-state index in [0.717, 1.165) is 12.8 Å². The molecule has 0 N–H and O–H groups in total. The number of rotatable bonds is 1. The van der Waals surface area contributed by atoms with E-state index in [-0.39, 0.29) is 18.0 Å². The van der Waals surface area contributed by atoms with Gasteiger partial charge in [-0.3, -0.25) is 4.79 Å². The number of nitrogens with zero attached hydrogens (tertiary/aromatic N) is 1. The van der Waals surface area contributed by atoms with Gasteiger partial charge in [-0.1, -0.05) is 23.2 Å². The molecule has 2 atom stereocenters. The summed E-state index contributed by atoms with van der Waals surface area (Å²) in [5.74, 6) is -0.00698. The predicted molar refractivity (Wildman–Crippen MR) is 70.3 cm³/mol. The summed E-state index contributed by atoms with van der Waals surface area (Å²) in [6.07, 6.45) is 2.03. The summed E-state index contributed by atoms with van der Waals surface area (Å²) < 4.78 is 5.47. The first-order valence-corrected chi connectivity index (χ1v) is 6.78. The summed E-state index contributed by atoms with van der Waals surface area (Å²) >= 11 is 11.9. The van der Waals surface area contributed by atoms with E-state index < -0.39 is 0 Å². The Kier molecular flexibility index (Phi) is 3.22. The smallest absolute Gasteiger partial charge is 0.256 e. The lowest BCUT2D eigenvalue weighted by molar-refractivity contribution is -0.00714. The number of hydrogen-bond donors (Lipinski definition) is 0. The van der Waals surface area contributed by atoms with Crippen molar-refractivity contribution < 1.29 is 9.53 Å². The van der Waals surface area contributed by atoms with Crippen LogP contribution in [0.4, 0.5) is 0 Å². The van der Waals surface area contributed by atoms with Crippen LogP contribution in [0.2, 0.25) is 10.0 Å². The summed E-state index contributed by atoms with van der Waals surface area (Å²) in [6.45, 7) is 1.26. The number of fused-ring (bicyclic) bond motifs is 2. The van der Waals surface area contributed by atoms with E-state index in [1.807, 2.05) is 4.90 Å². The molecular weight excluding hydrogens is 273 g/mol. The second-order valence-corrected chi connectivity index (χ2v) is 5.60. The lowest BCUT2D eigenvalue weighted by Gasteiger charge is -2.34. The minimum Gasteiger partial charge on any atom is -0.377 e. The molecule has 3 rings (SSSR count). The van der Waals surface area contributed by atoms with Crippen molar-refractivity contribution in [3.63, 3.8) is 0 Å². The maximum absolute atomic E-state index is 12.5. The van der Waals surface area contributed by atoms with Crippen LogP contribution in [0.15, 0.2) is 18.2 Å². The van der Waals surface area contributed by atoms with Crippen molar-refractivity contribution in [2.24, 2.45) is 0 Å². The number of hydrogen-bond acceptors (Lipinski definition) is 2. The quantitative estimate of drug-likeness (QED) is 0.794. The molecule has 5 heteroatoms. The van der Waals surface area contributed by atoms with Gasteiger partial charge in [0.1, 0.15) is 0 Å². The summed E-state index contributed by atoms with van der Waals surface area (Å²) in [7, 11) is 0. The molecule has 96 valence electrons. The molecule has 2 aliphatic rings. The highest BCUT2D eigenvalue weighted by molar-refractivity contribution is 6.36. The van der Waals surface area contributed by atoms with E-state index in [1.54, 1.807) is 18.2 Å². The second kappa shape index (κ2) is 4.72. The van der Waals surface area contributed by atoms with Crippen LogP contribution < -0.4 is 0 Å². The van der Waals surface area contributed by atoms with E-state index in [4.69, 9.17) is 27.9 Å². The SMILES string of the molecule is O=C(c1ccc(Cl)cc1Cl)N1[C@@H]2CC[C@@H]1COC2. The first kappa shape index (κ1) is 12.3. The minimum absolute atomic E-state index is 0.00698. The zero-order chi connectivity index (χ0) is 12.7. The molecule has 0 saturated carbocycles. The number of carbonyl (C=O) groups excluding carboxylic acids is 1. The molecule has 0 aromatic heterocycles. The van der Waals surface area contributed by atoms with Crippen LogP contribution >= 0.6 is 23.2 Å². The van der Waals surface area contributed by atoms with Gasteiger partial charge < -0.3 is 9.64 Å². The van der Waals surface area contributed by atoms with E-state index in [2.05, 4.69) is 0 Å². The lowest BCUT2D eigenvalue weighted by atomic mass is 10.1. The molecular formula is C13H13Cl2NO2. The highest BCUT2D eigenvalue weighted by atomic mass is 35.5. The first-order chi connectivity index (χ1) is 8.66. The predicted octanol–water partition coefficient (Wildman–Crippen LogP) is 3.00. The van der Waals surface area contributed by atoms with Crippen molar-refractivity contribution >= 4 is 29.1 Å². The van der Waals surface area contributed by atoms with Crippen molar-refractivity contribution in [2.75, 3.05) is 13.2 Å². The fourth-order valence-corrected chi connectivity index (χ4v) is 3.25. The Balaban J connectivity index is 1.90. The number of benzene rings is 1. The van der Waals surface area contributed by atoms with Crippen LogP contribution in [0.5, 0.6) is 0 Å². The number of halogens is 2. The maximum atomic E-state index is 12.5. The van der Waals surface area contributed by atoms with Gasteiger partial charge in [-0.15, -0.1) is 0 Å². The summed E-state index contributed by atoms with van der Waals surface area (Å²) in [4.78, 5) is 14.5. The maximum Gasteiger partial charge on any atom is 0.256 e. The van der Waals surface area contributed by atoms with Crippen LogP contribution in [0.1, 0.15) is 23.2 Å². The van der Waals surface area contributed by atoms with Gasteiger partial charge in [-0.05, 0) is 31.0 Å². The number of amides is 1. The van der Waals surface area contributed by atoms with Crippen LogP contribution in [-0.2, 0) is 4.74 Å². The monoisotopic (exact) mass is 285 g/mol. The molecule has 1 amide bonds. The highest BCUT2D eigenvalue weighted by Gasteiger charge is 2.40. The van der Waals surface area contributed by atoms with Crippen molar-refractivity contribution in [1.29, 1.82) is 0 Å². The van der Waals surface area contributed by atoms with Gasteiger partial charge >= 0.3 is 0 Å². The highest BCUT2D eigenvalue weighted by Crippen LogP contribution is 2.32. The van der Waals surface area contributed by atoms with Gasteiger partial charge in [0.2, 0.25) is 0 Å². The Morgan fingerprint density at radius 2 is 1.89 bits per heavy atom. The van der Waals surface area contributed by atoms with Crippen molar-refractivity contribution in [2.45, 2.75) is 24.9 Å². The molecule has 0 unspecified atom stereocenters. The number of carbonyl (C=O) groups is 1.